The topological polar surface area (TPSA) is 75.2 Å². The fourth-order valence-corrected chi connectivity index (χ4v) is 4.24. The van der Waals surface area contributed by atoms with E-state index in [4.69, 9.17) is 0 Å². The van der Waals surface area contributed by atoms with E-state index in [1.807, 2.05) is 24.3 Å². The molecule has 1 aliphatic rings. The fourth-order valence-electron chi connectivity index (χ4n) is 3.18. The first kappa shape index (κ1) is 16.8. The van der Waals surface area contributed by atoms with E-state index >= 15 is 0 Å². The molecule has 0 radical (unpaired) electrons. The van der Waals surface area contributed by atoms with E-state index in [9.17, 15) is 8.42 Å². The fraction of sp³-hybridized carbons (Fsp3) is 0.263. The molecule has 0 amide bonds. The van der Waals surface area contributed by atoms with E-state index in [-0.39, 0.29) is 4.90 Å². The number of fused-ring (bicyclic) bond motifs is 1. The minimum Gasteiger partial charge on any atom is -0.341 e. The molecule has 7 heteroatoms. The Labute approximate surface area is 152 Å². The van der Waals surface area contributed by atoms with Gasteiger partial charge in [-0.25, -0.2) is 18.4 Å². The van der Waals surface area contributed by atoms with Crippen LogP contribution < -0.4 is 9.62 Å². The summed E-state index contributed by atoms with van der Waals surface area (Å²) in [6.45, 7) is 1.89. The molecule has 1 aliphatic heterocycles. The van der Waals surface area contributed by atoms with Crippen molar-refractivity contribution in [1.82, 2.24) is 9.97 Å². The molecule has 2 heterocycles. The molecule has 0 saturated carbocycles. The number of aromatic nitrogens is 2. The third kappa shape index (κ3) is 3.48. The van der Waals surface area contributed by atoms with E-state index in [2.05, 4.69) is 19.6 Å². The highest BCUT2D eigenvalue weighted by molar-refractivity contribution is 7.92. The number of hydrogen-bond acceptors (Lipinski definition) is 5. The zero-order chi connectivity index (χ0) is 18.0. The van der Waals surface area contributed by atoms with Gasteiger partial charge in [0.1, 0.15) is 0 Å². The second-order valence-corrected chi connectivity index (χ2v) is 8.12. The summed E-state index contributed by atoms with van der Waals surface area (Å²) in [5.41, 5.74) is 0.360. The molecule has 1 aromatic heterocycles. The SMILES string of the molecule is O=S(=O)(Nc1cnc(N2CCCCC2)nc1)c1ccc2ccccc2c1. The first-order chi connectivity index (χ1) is 12.6. The molecule has 134 valence electrons. The number of sulfonamides is 1. The van der Waals surface area contributed by atoms with Gasteiger partial charge in [-0.3, -0.25) is 4.72 Å². The number of benzene rings is 2. The number of nitrogens with zero attached hydrogens (tertiary/aromatic N) is 3. The maximum absolute atomic E-state index is 12.7. The minimum atomic E-state index is -3.69. The molecule has 0 spiro atoms. The van der Waals surface area contributed by atoms with E-state index in [0.717, 1.165) is 36.7 Å². The molecule has 1 N–H and O–H groups in total. The smallest absolute Gasteiger partial charge is 0.262 e. The van der Waals surface area contributed by atoms with Crippen LogP contribution in [0.4, 0.5) is 11.6 Å². The van der Waals surface area contributed by atoms with Crippen LogP contribution in [0.2, 0.25) is 0 Å². The Morgan fingerprint density at radius 2 is 1.58 bits per heavy atom. The molecule has 3 aromatic rings. The maximum Gasteiger partial charge on any atom is 0.262 e. The van der Waals surface area contributed by atoms with Crippen molar-refractivity contribution >= 4 is 32.4 Å². The quantitative estimate of drug-likeness (QED) is 0.764. The van der Waals surface area contributed by atoms with E-state index in [1.165, 1.54) is 18.8 Å². The molecule has 0 aliphatic carbocycles. The Kier molecular flexibility index (Phi) is 4.46. The van der Waals surface area contributed by atoms with Crippen LogP contribution in [0.3, 0.4) is 0 Å². The van der Waals surface area contributed by atoms with Crippen LogP contribution in [0.1, 0.15) is 19.3 Å². The van der Waals surface area contributed by atoms with Gasteiger partial charge in [-0.1, -0.05) is 30.3 Å². The van der Waals surface area contributed by atoms with Gasteiger partial charge in [0, 0.05) is 13.1 Å². The van der Waals surface area contributed by atoms with Crippen LogP contribution in [0.25, 0.3) is 10.8 Å². The summed E-state index contributed by atoms with van der Waals surface area (Å²) in [4.78, 5) is 11.0. The molecule has 0 bridgehead atoms. The largest absolute Gasteiger partial charge is 0.341 e. The third-order valence-corrected chi connectivity index (χ3v) is 5.94. The molecule has 4 rings (SSSR count). The lowest BCUT2D eigenvalue weighted by molar-refractivity contribution is 0.568. The predicted molar refractivity (Wildman–Crippen MR) is 103 cm³/mol. The summed E-state index contributed by atoms with van der Waals surface area (Å²) in [7, 11) is -3.69. The molecule has 1 saturated heterocycles. The molecule has 0 unspecified atom stereocenters. The summed E-state index contributed by atoms with van der Waals surface area (Å²) in [5, 5.41) is 1.88. The normalized spacial score (nSPS) is 15.2. The van der Waals surface area contributed by atoms with Crippen LogP contribution in [-0.2, 0) is 10.0 Å². The Hall–Kier alpha value is -2.67. The first-order valence-corrected chi connectivity index (χ1v) is 10.2. The minimum absolute atomic E-state index is 0.219. The molecule has 1 fully saturated rings. The molecular weight excluding hydrogens is 348 g/mol. The summed E-state index contributed by atoms with van der Waals surface area (Å²) in [6.07, 6.45) is 6.56. The van der Waals surface area contributed by atoms with Crippen molar-refractivity contribution < 1.29 is 8.42 Å². The molecule has 6 nitrogen and oxygen atoms in total. The molecule has 26 heavy (non-hydrogen) atoms. The Morgan fingerprint density at radius 1 is 0.885 bits per heavy atom. The second kappa shape index (κ2) is 6.92. The lowest BCUT2D eigenvalue weighted by atomic mass is 10.1. The summed E-state index contributed by atoms with van der Waals surface area (Å²) < 4.78 is 27.9. The van der Waals surface area contributed by atoms with E-state index < -0.39 is 10.0 Å². The van der Waals surface area contributed by atoms with Gasteiger partial charge in [0.2, 0.25) is 5.95 Å². The monoisotopic (exact) mass is 368 g/mol. The van der Waals surface area contributed by atoms with Gasteiger partial charge in [0.25, 0.3) is 10.0 Å². The number of anilines is 2. The van der Waals surface area contributed by atoms with E-state index in [1.54, 1.807) is 18.2 Å². The van der Waals surface area contributed by atoms with Crippen molar-refractivity contribution in [1.29, 1.82) is 0 Å². The van der Waals surface area contributed by atoms with Crippen LogP contribution >= 0.6 is 0 Å². The van der Waals surface area contributed by atoms with Crippen LogP contribution in [0.5, 0.6) is 0 Å². The summed E-state index contributed by atoms with van der Waals surface area (Å²) >= 11 is 0. The highest BCUT2D eigenvalue weighted by Gasteiger charge is 2.17. The zero-order valence-corrected chi connectivity index (χ0v) is 15.1. The highest BCUT2D eigenvalue weighted by atomic mass is 32.2. The van der Waals surface area contributed by atoms with Gasteiger partial charge in [0.15, 0.2) is 0 Å². The van der Waals surface area contributed by atoms with Gasteiger partial charge in [-0.2, -0.15) is 0 Å². The Balaban J connectivity index is 1.54. The van der Waals surface area contributed by atoms with Crippen molar-refractivity contribution in [2.24, 2.45) is 0 Å². The van der Waals surface area contributed by atoms with Gasteiger partial charge in [-0.15, -0.1) is 0 Å². The van der Waals surface area contributed by atoms with Gasteiger partial charge in [0.05, 0.1) is 23.0 Å². The van der Waals surface area contributed by atoms with Crippen LogP contribution in [0, 0.1) is 0 Å². The average molecular weight is 368 g/mol. The van der Waals surface area contributed by atoms with Gasteiger partial charge < -0.3 is 4.90 Å². The summed E-state index contributed by atoms with van der Waals surface area (Å²) in [5.74, 6) is 0.651. The molecular formula is C19H20N4O2S. The van der Waals surface area contributed by atoms with Gasteiger partial charge in [-0.05, 0) is 42.2 Å². The van der Waals surface area contributed by atoms with Crippen molar-refractivity contribution in [2.45, 2.75) is 24.2 Å². The average Bonchev–Trinajstić information content (AvgIpc) is 2.68. The maximum atomic E-state index is 12.7. The van der Waals surface area contributed by atoms with E-state index in [0.29, 0.717) is 11.6 Å². The Morgan fingerprint density at radius 3 is 2.31 bits per heavy atom. The second-order valence-electron chi connectivity index (χ2n) is 6.43. The lowest BCUT2D eigenvalue weighted by Crippen LogP contribution is -2.30. The zero-order valence-electron chi connectivity index (χ0n) is 14.3. The van der Waals surface area contributed by atoms with Crippen LogP contribution in [0.15, 0.2) is 59.8 Å². The van der Waals surface area contributed by atoms with Crippen molar-refractivity contribution in [3.63, 3.8) is 0 Å². The third-order valence-electron chi connectivity index (χ3n) is 4.56. The predicted octanol–water partition coefficient (Wildman–Crippen LogP) is 3.42. The highest BCUT2D eigenvalue weighted by Crippen LogP contribution is 2.22. The molecule has 2 aromatic carbocycles. The molecule has 0 atom stereocenters. The first-order valence-electron chi connectivity index (χ1n) is 8.70. The van der Waals surface area contributed by atoms with Crippen LogP contribution in [-0.4, -0.2) is 31.5 Å². The standard InChI is InChI=1S/C19H20N4O2S/c24-26(25,18-9-8-15-6-2-3-7-16(15)12-18)22-17-13-20-19(21-14-17)23-10-4-1-5-11-23/h2-3,6-9,12-14,22H,1,4-5,10-11H2. The summed E-state index contributed by atoms with van der Waals surface area (Å²) in [6, 6.07) is 12.7. The van der Waals surface area contributed by atoms with Crippen molar-refractivity contribution in [2.75, 3.05) is 22.7 Å². The number of hydrogen-bond donors (Lipinski definition) is 1. The number of piperidine rings is 1. The van der Waals surface area contributed by atoms with Crippen molar-refractivity contribution in [3.8, 4) is 0 Å². The Bertz CT molecular complexity index is 1010. The van der Waals surface area contributed by atoms with Crippen molar-refractivity contribution in [3.05, 3.63) is 54.9 Å². The number of rotatable bonds is 4. The van der Waals surface area contributed by atoms with Gasteiger partial charge >= 0.3 is 0 Å². The lowest BCUT2D eigenvalue weighted by Gasteiger charge is -2.26. The number of nitrogens with one attached hydrogen (secondary N) is 1.